The molecule has 4 heteroatoms. The Morgan fingerprint density at radius 2 is 2.42 bits per heavy atom. The van der Waals surface area contributed by atoms with E-state index in [-0.39, 0.29) is 0 Å². The molecule has 1 aromatic rings. The zero-order valence-electron chi connectivity index (χ0n) is 11.4. The van der Waals surface area contributed by atoms with Gasteiger partial charge in [0.2, 0.25) is 0 Å². The smallest absolute Gasteiger partial charge is 0.120 e. The van der Waals surface area contributed by atoms with Crippen LogP contribution < -0.4 is 10.1 Å². The van der Waals surface area contributed by atoms with E-state index in [0.29, 0.717) is 23.7 Å². The molecular weight excluding hydrogens is 262 g/mol. The van der Waals surface area contributed by atoms with Gasteiger partial charge in [-0.15, -0.1) is 0 Å². The molecule has 0 unspecified atom stereocenters. The molecule has 1 heterocycles. The van der Waals surface area contributed by atoms with Gasteiger partial charge in [-0.2, -0.15) is 0 Å². The fraction of sp³-hybridized carbons (Fsp3) is 0.600. The summed E-state index contributed by atoms with van der Waals surface area (Å²) >= 11 is 5.91. The molecule has 0 aromatic heterocycles. The Labute approximate surface area is 120 Å². The minimum absolute atomic E-state index is 0.404. The third-order valence-electron chi connectivity index (χ3n) is 3.22. The molecule has 1 aliphatic rings. The van der Waals surface area contributed by atoms with Crippen LogP contribution in [0.3, 0.4) is 0 Å². The second-order valence-corrected chi connectivity index (χ2v) is 5.60. The zero-order chi connectivity index (χ0) is 13.5. The molecule has 0 amide bonds. The van der Waals surface area contributed by atoms with Crippen LogP contribution in [0.5, 0.6) is 5.75 Å². The fourth-order valence-electron chi connectivity index (χ4n) is 2.15. The molecule has 3 nitrogen and oxygen atoms in total. The third-order valence-corrected chi connectivity index (χ3v) is 3.45. The highest BCUT2D eigenvalue weighted by molar-refractivity contribution is 6.30. The van der Waals surface area contributed by atoms with E-state index in [2.05, 4.69) is 12.2 Å². The van der Waals surface area contributed by atoms with Gasteiger partial charge in [-0.25, -0.2) is 0 Å². The van der Waals surface area contributed by atoms with Crippen LogP contribution in [0.15, 0.2) is 24.3 Å². The van der Waals surface area contributed by atoms with Crippen molar-refractivity contribution in [1.29, 1.82) is 0 Å². The highest BCUT2D eigenvalue weighted by atomic mass is 35.5. The molecule has 2 rings (SSSR count). The average Bonchev–Trinajstić information content (AvgIpc) is 2.90. The predicted octanol–water partition coefficient (Wildman–Crippen LogP) is 3.12. The van der Waals surface area contributed by atoms with Crippen LogP contribution in [0.25, 0.3) is 0 Å². The number of nitrogens with one attached hydrogen (secondary N) is 1. The number of ether oxygens (including phenoxy) is 2. The molecule has 1 aliphatic heterocycles. The molecule has 0 aliphatic carbocycles. The van der Waals surface area contributed by atoms with Crippen molar-refractivity contribution in [2.75, 3.05) is 26.3 Å². The SMILES string of the molecule is C[C@@H](CNC[C@@H]1CCCO1)COc1cccc(Cl)c1. The summed E-state index contributed by atoms with van der Waals surface area (Å²) in [5.41, 5.74) is 0. The number of hydrogen-bond donors (Lipinski definition) is 1. The Morgan fingerprint density at radius 1 is 1.53 bits per heavy atom. The molecule has 1 fully saturated rings. The zero-order valence-corrected chi connectivity index (χ0v) is 12.2. The fourth-order valence-corrected chi connectivity index (χ4v) is 2.33. The lowest BCUT2D eigenvalue weighted by Gasteiger charge is -2.16. The molecule has 1 aromatic carbocycles. The Hall–Kier alpha value is -0.770. The summed E-state index contributed by atoms with van der Waals surface area (Å²) in [6.45, 7) is 5.67. The van der Waals surface area contributed by atoms with Gasteiger partial charge >= 0.3 is 0 Å². The maximum atomic E-state index is 5.91. The van der Waals surface area contributed by atoms with Crippen molar-refractivity contribution < 1.29 is 9.47 Å². The van der Waals surface area contributed by atoms with Crippen LogP contribution in [-0.4, -0.2) is 32.4 Å². The predicted molar refractivity (Wildman–Crippen MR) is 78.0 cm³/mol. The summed E-state index contributed by atoms with van der Waals surface area (Å²) in [6.07, 6.45) is 2.78. The maximum absolute atomic E-state index is 5.91. The summed E-state index contributed by atoms with van der Waals surface area (Å²) in [4.78, 5) is 0. The quantitative estimate of drug-likeness (QED) is 0.834. The van der Waals surface area contributed by atoms with Crippen LogP contribution in [0, 0.1) is 5.92 Å². The van der Waals surface area contributed by atoms with Gasteiger partial charge in [0.1, 0.15) is 5.75 Å². The molecule has 0 radical (unpaired) electrons. The van der Waals surface area contributed by atoms with Crippen molar-refractivity contribution in [2.24, 2.45) is 5.92 Å². The Kier molecular flexibility index (Phi) is 5.95. The van der Waals surface area contributed by atoms with E-state index in [4.69, 9.17) is 21.1 Å². The van der Waals surface area contributed by atoms with Crippen LogP contribution in [0.2, 0.25) is 5.02 Å². The molecule has 2 atom stereocenters. The second kappa shape index (κ2) is 7.73. The van der Waals surface area contributed by atoms with Crippen LogP contribution in [-0.2, 0) is 4.74 Å². The van der Waals surface area contributed by atoms with Gasteiger partial charge in [-0.3, -0.25) is 0 Å². The second-order valence-electron chi connectivity index (χ2n) is 5.17. The first-order valence-electron chi connectivity index (χ1n) is 6.94. The monoisotopic (exact) mass is 283 g/mol. The first kappa shape index (κ1) is 14.6. The molecule has 106 valence electrons. The molecular formula is C15H22ClNO2. The van der Waals surface area contributed by atoms with E-state index in [1.807, 2.05) is 24.3 Å². The minimum Gasteiger partial charge on any atom is -0.493 e. The van der Waals surface area contributed by atoms with Gasteiger partial charge in [0.15, 0.2) is 0 Å². The summed E-state index contributed by atoms with van der Waals surface area (Å²) in [6, 6.07) is 7.52. The van der Waals surface area contributed by atoms with Crippen molar-refractivity contribution in [3.63, 3.8) is 0 Å². The number of benzene rings is 1. The van der Waals surface area contributed by atoms with E-state index < -0.39 is 0 Å². The van der Waals surface area contributed by atoms with E-state index >= 15 is 0 Å². The Morgan fingerprint density at radius 3 is 3.16 bits per heavy atom. The van der Waals surface area contributed by atoms with Gasteiger partial charge in [-0.05, 0) is 31.0 Å². The van der Waals surface area contributed by atoms with Crippen LogP contribution >= 0.6 is 11.6 Å². The van der Waals surface area contributed by atoms with Crippen LogP contribution in [0.4, 0.5) is 0 Å². The van der Waals surface area contributed by atoms with Crippen molar-refractivity contribution in [1.82, 2.24) is 5.32 Å². The minimum atomic E-state index is 0.404. The Balaban J connectivity index is 1.60. The van der Waals surface area contributed by atoms with Gasteiger partial charge in [0, 0.05) is 30.6 Å². The highest BCUT2D eigenvalue weighted by Crippen LogP contribution is 2.17. The first-order chi connectivity index (χ1) is 9.24. The highest BCUT2D eigenvalue weighted by Gasteiger charge is 2.15. The molecule has 19 heavy (non-hydrogen) atoms. The lowest BCUT2D eigenvalue weighted by molar-refractivity contribution is 0.108. The topological polar surface area (TPSA) is 30.5 Å². The lowest BCUT2D eigenvalue weighted by Crippen LogP contribution is -2.31. The number of hydrogen-bond acceptors (Lipinski definition) is 3. The maximum Gasteiger partial charge on any atom is 0.120 e. The summed E-state index contributed by atoms with van der Waals surface area (Å²) in [7, 11) is 0. The average molecular weight is 284 g/mol. The van der Waals surface area contributed by atoms with Gasteiger partial charge in [-0.1, -0.05) is 24.6 Å². The van der Waals surface area contributed by atoms with Gasteiger partial charge in [0.05, 0.1) is 12.7 Å². The molecule has 1 saturated heterocycles. The Bertz CT molecular complexity index is 380. The summed E-state index contributed by atoms with van der Waals surface area (Å²) < 4.78 is 11.3. The summed E-state index contributed by atoms with van der Waals surface area (Å²) in [5, 5.41) is 4.15. The van der Waals surface area contributed by atoms with E-state index in [9.17, 15) is 0 Å². The number of rotatable bonds is 7. The van der Waals surface area contributed by atoms with Crippen molar-refractivity contribution in [3.05, 3.63) is 29.3 Å². The standard InChI is InChI=1S/C15H22ClNO2/c1-12(9-17-10-15-6-3-7-18-15)11-19-14-5-2-4-13(16)8-14/h2,4-5,8,12,15,17H,3,6-7,9-11H2,1H3/t12-,15-/m0/s1. The van der Waals surface area contributed by atoms with Crippen molar-refractivity contribution in [3.8, 4) is 5.75 Å². The normalized spacial score (nSPS) is 20.4. The third kappa shape index (κ3) is 5.39. The molecule has 1 N–H and O–H groups in total. The van der Waals surface area contributed by atoms with E-state index in [1.54, 1.807) is 0 Å². The van der Waals surface area contributed by atoms with Crippen LogP contribution in [0.1, 0.15) is 19.8 Å². The van der Waals surface area contributed by atoms with Gasteiger partial charge < -0.3 is 14.8 Å². The molecule has 0 spiro atoms. The van der Waals surface area contributed by atoms with Crippen molar-refractivity contribution >= 4 is 11.6 Å². The van der Waals surface area contributed by atoms with Crippen molar-refractivity contribution in [2.45, 2.75) is 25.9 Å². The van der Waals surface area contributed by atoms with Gasteiger partial charge in [0.25, 0.3) is 0 Å². The largest absolute Gasteiger partial charge is 0.493 e. The van der Waals surface area contributed by atoms with E-state index in [1.165, 1.54) is 12.8 Å². The van der Waals surface area contributed by atoms with E-state index in [0.717, 1.165) is 25.4 Å². The molecule has 0 bridgehead atoms. The number of halogens is 1. The first-order valence-corrected chi connectivity index (χ1v) is 7.32. The molecule has 0 saturated carbocycles. The lowest BCUT2D eigenvalue weighted by atomic mass is 10.2. The summed E-state index contributed by atoms with van der Waals surface area (Å²) in [5.74, 6) is 1.29.